The lowest BCUT2D eigenvalue weighted by Crippen LogP contribution is -2.36. The van der Waals surface area contributed by atoms with Crippen LogP contribution in [0.15, 0.2) is 23.1 Å². The summed E-state index contributed by atoms with van der Waals surface area (Å²) in [7, 11) is -4.05. The maximum Gasteiger partial charge on any atom is 0.391 e. The molecule has 0 spiro atoms. The molecular weight excluding hydrogens is 333 g/mol. The minimum Gasteiger partial charge on any atom is -0.349 e. The molecule has 1 rings (SSSR count). The molecule has 0 aliphatic carbocycles. The number of benzene rings is 1. The molecule has 1 aromatic rings. The molecular formula is C11H12ClF3N2O3S. The summed E-state index contributed by atoms with van der Waals surface area (Å²) in [5.74, 6) is -0.915. The Morgan fingerprint density at radius 1 is 1.43 bits per heavy atom. The number of rotatable bonds is 4. The highest BCUT2D eigenvalue weighted by atomic mass is 35.5. The molecule has 118 valence electrons. The average Bonchev–Trinajstić information content (AvgIpc) is 2.24. The van der Waals surface area contributed by atoms with Crippen LogP contribution in [0.1, 0.15) is 23.7 Å². The van der Waals surface area contributed by atoms with Crippen LogP contribution in [0.3, 0.4) is 0 Å². The Morgan fingerprint density at radius 2 is 2.00 bits per heavy atom. The second-order valence-electron chi connectivity index (χ2n) is 4.38. The number of hydrogen-bond donors (Lipinski definition) is 2. The van der Waals surface area contributed by atoms with Gasteiger partial charge in [-0.15, -0.1) is 0 Å². The summed E-state index contributed by atoms with van der Waals surface area (Å²) in [5, 5.41) is 6.90. The second-order valence-corrected chi connectivity index (χ2v) is 6.35. The molecule has 1 unspecified atom stereocenters. The maximum atomic E-state index is 12.2. The van der Waals surface area contributed by atoms with Crippen LogP contribution in [0, 0.1) is 0 Å². The Balaban J connectivity index is 2.98. The lowest BCUT2D eigenvalue weighted by atomic mass is 10.1. The molecule has 21 heavy (non-hydrogen) atoms. The van der Waals surface area contributed by atoms with E-state index in [1.807, 2.05) is 0 Å². The Kier molecular flexibility index (Phi) is 5.24. The highest BCUT2D eigenvalue weighted by molar-refractivity contribution is 7.89. The van der Waals surface area contributed by atoms with Crippen LogP contribution in [0.2, 0.25) is 5.02 Å². The van der Waals surface area contributed by atoms with Gasteiger partial charge in [-0.1, -0.05) is 11.6 Å². The molecule has 0 heterocycles. The van der Waals surface area contributed by atoms with Crippen molar-refractivity contribution in [2.75, 3.05) is 0 Å². The summed E-state index contributed by atoms with van der Waals surface area (Å²) in [6.45, 7) is 1.17. The van der Waals surface area contributed by atoms with E-state index in [1.54, 1.807) is 0 Å². The van der Waals surface area contributed by atoms with Crippen molar-refractivity contribution in [3.63, 3.8) is 0 Å². The van der Waals surface area contributed by atoms with Gasteiger partial charge in [-0.25, -0.2) is 13.6 Å². The first-order chi connectivity index (χ1) is 9.40. The van der Waals surface area contributed by atoms with Gasteiger partial charge in [0.05, 0.1) is 21.9 Å². The lowest BCUT2D eigenvalue weighted by molar-refractivity contribution is -0.138. The molecule has 3 N–H and O–H groups in total. The summed E-state index contributed by atoms with van der Waals surface area (Å²) in [6.07, 6.45) is -5.65. The van der Waals surface area contributed by atoms with Crippen molar-refractivity contribution < 1.29 is 26.4 Å². The monoisotopic (exact) mass is 344 g/mol. The SMILES string of the molecule is CC(CC(F)(F)F)NC(=O)c1cc(S(N)(=O)=O)ccc1Cl. The van der Waals surface area contributed by atoms with Gasteiger partial charge in [0.2, 0.25) is 10.0 Å². The predicted molar refractivity (Wildman–Crippen MR) is 70.4 cm³/mol. The van der Waals surface area contributed by atoms with Crippen molar-refractivity contribution >= 4 is 27.5 Å². The number of sulfonamides is 1. The van der Waals surface area contributed by atoms with Crippen LogP contribution in [-0.2, 0) is 10.0 Å². The standard InChI is InChI=1S/C11H12ClF3N2O3S/c1-6(5-11(13,14)15)17-10(18)8-4-7(21(16,19)20)2-3-9(8)12/h2-4,6H,5H2,1H3,(H,17,18)(H2,16,19,20). The van der Waals surface area contributed by atoms with Crippen molar-refractivity contribution in [2.45, 2.75) is 30.5 Å². The molecule has 0 saturated carbocycles. The van der Waals surface area contributed by atoms with Crippen molar-refractivity contribution in [3.05, 3.63) is 28.8 Å². The fraction of sp³-hybridized carbons (Fsp3) is 0.364. The van der Waals surface area contributed by atoms with E-state index in [0.717, 1.165) is 18.2 Å². The van der Waals surface area contributed by atoms with E-state index in [9.17, 15) is 26.4 Å². The van der Waals surface area contributed by atoms with E-state index in [-0.39, 0.29) is 15.5 Å². The second kappa shape index (κ2) is 6.20. The minimum absolute atomic E-state index is 0.0980. The number of carbonyl (C=O) groups excluding carboxylic acids is 1. The zero-order valence-electron chi connectivity index (χ0n) is 10.7. The normalized spacial score (nSPS) is 13.8. The number of halogens is 4. The summed E-state index contributed by atoms with van der Waals surface area (Å²) < 4.78 is 58.9. The summed E-state index contributed by atoms with van der Waals surface area (Å²) in [5.41, 5.74) is -0.266. The van der Waals surface area contributed by atoms with E-state index >= 15 is 0 Å². The number of amides is 1. The zero-order chi connectivity index (χ0) is 16.4. The van der Waals surface area contributed by atoms with Crippen molar-refractivity contribution in [2.24, 2.45) is 5.14 Å². The van der Waals surface area contributed by atoms with Gasteiger partial charge in [-0.2, -0.15) is 13.2 Å². The van der Waals surface area contributed by atoms with Crippen LogP contribution in [-0.4, -0.2) is 26.5 Å². The van der Waals surface area contributed by atoms with Crippen LogP contribution in [0.25, 0.3) is 0 Å². The molecule has 0 aromatic heterocycles. The molecule has 1 amide bonds. The molecule has 0 radical (unpaired) electrons. The number of nitrogens with one attached hydrogen (secondary N) is 1. The van der Waals surface area contributed by atoms with Crippen LogP contribution in [0.5, 0.6) is 0 Å². The number of alkyl halides is 3. The van der Waals surface area contributed by atoms with Crippen LogP contribution in [0.4, 0.5) is 13.2 Å². The molecule has 0 aliphatic heterocycles. The summed E-state index contributed by atoms with van der Waals surface area (Å²) >= 11 is 5.74. The third-order valence-corrected chi connectivity index (χ3v) is 3.67. The number of nitrogens with two attached hydrogens (primary N) is 1. The van der Waals surface area contributed by atoms with Gasteiger partial charge < -0.3 is 5.32 Å². The molecule has 5 nitrogen and oxygen atoms in total. The van der Waals surface area contributed by atoms with Gasteiger partial charge in [0.1, 0.15) is 0 Å². The fourth-order valence-corrected chi connectivity index (χ4v) is 2.30. The Hall–Kier alpha value is -1.32. The highest BCUT2D eigenvalue weighted by Crippen LogP contribution is 2.23. The summed E-state index contributed by atoms with van der Waals surface area (Å²) in [4.78, 5) is 11.5. The number of primary sulfonamides is 1. The van der Waals surface area contributed by atoms with Gasteiger partial charge in [-0.3, -0.25) is 4.79 Å². The fourth-order valence-electron chi connectivity index (χ4n) is 1.56. The zero-order valence-corrected chi connectivity index (χ0v) is 12.3. The number of hydrogen-bond acceptors (Lipinski definition) is 3. The van der Waals surface area contributed by atoms with Gasteiger partial charge in [0.15, 0.2) is 0 Å². The van der Waals surface area contributed by atoms with E-state index in [1.165, 1.54) is 6.92 Å². The minimum atomic E-state index is -4.43. The topological polar surface area (TPSA) is 89.3 Å². The Labute approximate surface area is 124 Å². The molecule has 1 aromatic carbocycles. The van der Waals surface area contributed by atoms with E-state index in [2.05, 4.69) is 5.32 Å². The van der Waals surface area contributed by atoms with Crippen LogP contribution < -0.4 is 10.5 Å². The lowest BCUT2D eigenvalue weighted by Gasteiger charge is -2.16. The quantitative estimate of drug-likeness (QED) is 0.876. The van der Waals surface area contributed by atoms with Gasteiger partial charge in [-0.05, 0) is 25.1 Å². The van der Waals surface area contributed by atoms with Crippen LogP contribution >= 0.6 is 11.6 Å². The molecule has 0 saturated heterocycles. The maximum absolute atomic E-state index is 12.2. The van der Waals surface area contributed by atoms with Gasteiger partial charge in [0.25, 0.3) is 5.91 Å². The molecule has 0 bridgehead atoms. The largest absolute Gasteiger partial charge is 0.391 e. The van der Waals surface area contributed by atoms with Crippen molar-refractivity contribution in [1.82, 2.24) is 5.32 Å². The van der Waals surface area contributed by atoms with E-state index in [4.69, 9.17) is 16.7 Å². The first-order valence-corrected chi connectivity index (χ1v) is 7.52. The molecule has 10 heteroatoms. The highest BCUT2D eigenvalue weighted by Gasteiger charge is 2.31. The first kappa shape index (κ1) is 17.7. The van der Waals surface area contributed by atoms with Crippen molar-refractivity contribution in [1.29, 1.82) is 0 Å². The third-order valence-electron chi connectivity index (χ3n) is 2.43. The van der Waals surface area contributed by atoms with E-state index < -0.39 is 34.6 Å². The third kappa shape index (κ3) is 5.52. The summed E-state index contributed by atoms with van der Waals surface area (Å²) in [6, 6.07) is 1.94. The molecule has 0 aliphatic rings. The predicted octanol–water partition coefficient (Wildman–Crippen LogP) is 2.06. The van der Waals surface area contributed by atoms with Gasteiger partial charge >= 0.3 is 6.18 Å². The molecule has 0 fully saturated rings. The van der Waals surface area contributed by atoms with Gasteiger partial charge in [0, 0.05) is 6.04 Å². The smallest absolute Gasteiger partial charge is 0.349 e. The van der Waals surface area contributed by atoms with E-state index in [0.29, 0.717) is 0 Å². The molecule has 1 atom stereocenters. The Bertz CT molecular complexity index is 647. The Morgan fingerprint density at radius 3 is 2.48 bits per heavy atom. The first-order valence-electron chi connectivity index (χ1n) is 5.60. The van der Waals surface area contributed by atoms with Crippen molar-refractivity contribution in [3.8, 4) is 0 Å². The average molecular weight is 345 g/mol. The number of carbonyl (C=O) groups is 1.